The molecule has 0 saturated heterocycles. The fraction of sp³-hybridized carbons (Fsp3) is 0.800. The number of rotatable bonds is 6. The van der Waals surface area contributed by atoms with Gasteiger partial charge < -0.3 is 15.0 Å². The second-order valence-electron chi connectivity index (χ2n) is 3.61. The molecule has 0 atom stereocenters. The van der Waals surface area contributed by atoms with Gasteiger partial charge in [0.1, 0.15) is 0 Å². The van der Waals surface area contributed by atoms with Crippen LogP contribution in [-0.2, 0) is 4.74 Å². The van der Waals surface area contributed by atoms with Crippen LogP contribution in [0.5, 0.6) is 0 Å². The maximum absolute atomic E-state index is 8.54. The van der Waals surface area contributed by atoms with E-state index in [4.69, 9.17) is 22.2 Å². The first kappa shape index (κ1) is 12.2. The van der Waals surface area contributed by atoms with E-state index in [-0.39, 0.29) is 0 Å². The van der Waals surface area contributed by atoms with Crippen molar-refractivity contribution >= 4 is 17.3 Å². The molecule has 0 bridgehead atoms. The van der Waals surface area contributed by atoms with Crippen molar-refractivity contribution in [3.8, 4) is 6.07 Å². The molecule has 0 aliphatic heterocycles. The Morgan fingerprint density at radius 3 is 2.87 bits per heavy atom. The molecule has 1 aliphatic carbocycles. The zero-order valence-electron chi connectivity index (χ0n) is 9.03. The van der Waals surface area contributed by atoms with Crippen molar-refractivity contribution in [3.05, 3.63) is 0 Å². The molecule has 0 unspecified atom stereocenters. The molecule has 5 heteroatoms. The molecule has 1 rings (SSSR count). The van der Waals surface area contributed by atoms with Gasteiger partial charge in [-0.05, 0) is 25.1 Å². The number of thiocarbonyl (C=S) groups is 1. The Morgan fingerprint density at radius 1 is 1.60 bits per heavy atom. The zero-order chi connectivity index (χ0) is 11.1. The summed E-state index contributed by atoms with van der Waals surface area (Å²) in [6, 6.07) is 2.69. The van der Waals surface area contributed by atoms with Gasteiger partial charge in [0, 0.05) is 26.2 Å². The summed E-state index contributed by atoms with van der Waals surface area (Å²) in [7, 11) is 1.67. The highest BCUT2D eigenvalue weighted by atomic mass is 32.1. The van der Waals surface area contributed by atoms with Crippen LogP contribution in [0.4, 0.5) is 0 Å². The first-order valence-corrected chi connectivity index (χ1v) is 5.60. The quantitative estimate of drug-likeness (QED) is 0.683. The molecule has 84 valence electrons. The maximum Gasteiger partial charge on any atom is 0.169 e. The molecule has 15 heavy (non-hydrogen) atoms. The average Bonchev–Trinajstić information content (AvgIpc) is 3.02. The van der Waals surface area contributed by atoms with Crippen LogP contribution in [0.15, 0.2) is 0 Å². The monoisotopic (exact) mass is 227 g/mol. The Hall–Kier alpha value is -0.860. The van der Waals surface area contributed by atoms with Gasteiger partial charge in [-0.2, -0.15) is 5.26 Å². The van der Waals surface area contributed by atoms with Gasteiger partial charge in [-0.15, -0.1) is 0 Å². The lowest BCUT2D eigenvalue weighted by molar-refractivity contribution is 0.176. The van der Waals surface area contributed by atoms with Gasteiger partial charge in [-0.1, -0.05) is 0 Å². The molecule has 1 aliphatic rings. The minimum atomic E-state index is 0.496. The minimum Gasteiger partial charge on any atom is -0.383 e. The number of ether oxygens (including phenoxy) is 1. The molecule has 4 nitrogen and oxygen atoms in total. The molecule has 1 fully saturated rings. The van der Waals surface area contributed by atoms with E-state index in [9.17, 15) is 0 Å². The Kier molecular flexibility index (Phi) is 5.37. The average molecular weight is 227 g/mol. The molecule has 0 heterocycles. The van der Waals surface area contributed by atoms with Crippen LogP contribution in [0, 0.1) is 11.3 Å². The first-order chi connectivity index (χ1) is 7.27. The number of methoxy groups -OCH3 is 1. The molecular weight excluding hydrogens is 210 g/mol. The van der Waals surface area contributed by atoms with Gasteiger partial charge >= 0.3 is 0 Å². The van der Waals surface area contributed by atoms with Crippen LogP contribution < -0.4 is 5.32 Å². The van der Waals surface area contributed by atoms with Crippen molar-refractivity contribution in [3.63, 3.8) is 0 Å². The number of hydrogen-bond donors (Lipinski definition) is 1. The molecule has 0 aromatic heterocycles. The Balaban J connectivity index is 2.30. The summed E-state index contributed by atoms with van der Waals surface area (Å²) in [6.07, 6.45) is 2.91. The Morgan fingerprint density at radius 2 is 2.33 bits per heavy atom. The van der Waals surface area contributed by atoms with Crippen LogP contribution >= 0.6 is 12.2 Å². The van der Waals surface area contributed by atoms with Crippen LogP contribution in [0.1, 0.15) is 19.3 Å². The number of nitriles is 1. The second kappa shape index (κ2) is 6.59. The second-order valence-corrected chi connectivity index (χ2v) is 4.00. The zero-order valence-corrected chi connectivity index (χ0v) is 9.85. The smallest absolute Gasteiger partial charge is 0.169 e. The molecule has 0 spiro atoms. The standard InChI is InChI=1S/C10H17N3OS/c1-14-8-7-13(6-2-5-11)10(15)12-9-3-4-9/h9H,2-4,6-8H2,1H3,(H,12,15). The number of nitrogens with one attached hydrogen (secondary N) is 1. The molecule has 0 aromatic carbocycles. The highest BCUT2D eigenvalue weighted by Crippen LogP contribution is 2.18. The first-order valence-electron chi connectivity index (χ1n) is 5.19. The van der Waals surface area contributed by atoms with Gasteiger partial charge in [-0.25, -0.2) is 0 Å². The summed E-state index contributed by atoms with van der Waals surface area (Å²) < 4.78 is 5.01. The van der Waals surface area contributed by atoms with E-state index in [1.54, 1.807) is 7.11 Å². The highest BCUT2D eigenvalue weighted by Gasteiger charge is 2.23. The molecule has 1 saturated carbocycles. The summed E-state index contributed by atoms with van der Waals surface area (Å²) in [5.41, 5.74) is 0. The normalized spacial score (nSPS) is 14.4. The summed E-state index contributed by atoms with van der Waals surface area (Å²) in [4.78, 5) is 2.00. The Bertz CT molecular complexity index is 248. The van der Waals surface area contributed by atoms with E-state index >= 15 is 0 Å². The lowest BCUT2D eigenvalue weighted by atomic mass is 10.4. The summed E-state index contributed by atoms with van der Waals surface area (Å²) in [5.74, 6) is 0. The fourth-order valence-corrected chi connectivity index (χ4v) is 1.54. The maximum atomic E-state index is 8.54. The van der Waals surface area contributed by atoms with Gasteiger partial charge in [0.2, 0.25) is 0 Å². The third-order valence-corrected chi connectivity index (χ3v) is 2.63. The van der Waals surface area contributed by atoms with Gasteiger partial charge in [0.25, 0.3) is 0 Å². The SMILES string of the molecule is COCCN(CCC#N)C(=S)NC1CC1. The lowest BCUT2D eigenvalue weighted by Crippen LogP contribution is -2.42. The van der Waals surface area contributed by atoms with Crippen molar-refractivity contribution in [2.24, 2.45) is 0 Å². The van der Waals surface area contributed by atoms with Crippen molar-refractivity contribution in [2.45, 2.75) is 25.3 Å². The summed E-state index contributed by atoms with van der Waals surface area (Å²) in [5, 5.41) is 12.6. The molecular formula is C10H17N3OS. The Labute approximate surface area is 96.2 Å². The van der Waals surface area contributed by atoms with Crippen LogP contribution in [-0.4, -0.2) is 42.9 Å². The van der Waals surface area contributed by atoms with E-state index in [0.29, 0.717) is 25.6 Å². The fourth-order valence-electron chi connectivity index (χ4n) is 1.19. The number of hydrogen-bond acceptors (Lipinski definition) is 3. The summed E-state index contributed by atoms with van der Waals surface area (Å²) in [6.45, 7) is 2.06. The molecule has 0 aromatic rings. The lowest BCUT2D eigenvalue weighted by Gasteiger charge is -2.24. The number of nitrogens with zero attached hydrogens (tertiary/aromatic N) is 2. The van der Waals surface area contributed by atoms with Gasteiger partial charge in [0.05, 0.1) is 19.1 Å². The van der Waals surface area contributed by atoms with E-state index in [1.807, 2.05) is 4.90 Å². The van der Waals surface area contributed by atoms with E-state index in [2.05, 4.69) is 11.4 Å². The van der Waals surface area contributed by atoms with E-state index < -0.39 is 0 Å². The third-order valence-electron chi connectivity index (χ3n) is 2.25. The van der Waals surface area contributed by atoms with Crippen LogP contribution in [0.3, 0.4) is 0 Å². The topological polar surface area (TPSA) is 48.3 Å². The third kappa shape index (κ3) is 4.96. The van der Waals surface area contributed by atoms with Crippen molar-refractivity contribution in [2.75, 3.05) is 26.8 Å². The van der Waals surface area contributed by atoms with Gasteiger partial charge in [-0.3, -0.25) is 0 Å². The van der Waals surface area contributed by atoms with Crippen LogP contribution in [0.2, 0.25) is 0 Å². The predicted octanol–water partition coefficient (Wildman–Crippen LogP) is 0.885. The predicted molar refractivity (Wildman–Crippen MR) is 62.4 cm³/mol. The van der Waals surface area contributed by atoms with Gasteiger partial charge in [0.15, 0.2) is 5.11 Å². The van der Waals surface area contributed by atoms with E-state index in [1.165, 1.54) is 12.8 Å². The molecule has 0 amide bonds. The van der Waals surface area contributed by atoms with E-state index in [0.717, 1.165) is 11.7 Å². The largest absolute Gasteiger partial charge is 0.383 e. The van der Waals surface area contributed by atoms with Crippen molar-refractivity contribution < 1.29 is 4.74 Å². The van der Waals surface area contributed by atoms with Crippen molar-refractivity contribution in [1.82, 2.24) is 10.2 Å². The highest BCUT2D eigenvalue weighted by molar-refractivity contribution is 7.80. The minimum absolute atomic E-state index is 0.496. The van der Waals surface area contributed by atoms with Crippen molar-refractivity contribution in [1.29, 1.82) is 5.26 Å². The summed E-state index contributed by atoms with van der Waals surface area (Å²) >= 11 is 5.27. The molecule has 1 N–H and O–H groups in total. The van der Waals surface area contributed by atoms with Crippen LogP contribution in [0.25, 0.3) is 0 Å². The molecule has 0 radical (unpaired) electrons.